The summed E-state index contributed by atoms with van der Waals surface area (Å²) in [7, 11) is 1.64. The van der Waals surface area contributed by atoms with Crippen molar-refractivity contribution in [3.05, 3.63) is 107 Å². The van der Waals surface area contributed by atoms with E-state index in [1.54, 1.807) is 25.7 Å². The number of rotatable bonds is 8. The van der Waals surface area contributed by atoms with Gasteiger partial charge in [-0.05, 0) is 41.0 Å². The maximum Gasteiger partial charge on any atom is 0.412 e. The average molecular weight is 547 g/mol. The smallest absolute Gasteiger partial charge is 0.412 e. The summed E-state index contributed by atoms with van der Waals surface area (Å²) in [4.78, 5) is 37.7. The molecule has 5 rings (SSSR count). The predicted molar refractivity (Wildman–Crippen MR) is 148 cm³/mol. The Morgan fingerprint density at radius 1 is 1.03 bits per heavy atom. The van der Waals surface area contributed by atoms with Crippen molar-refractivity contribution in [2.24, 2.45) is 0 Å². The summed E-state index contributed by atoms with van der Waals surface area (Å²) < 4.78 is 10.9. The fourth-order valence-corrected chi connectivity index (χ4v) is 6.36. The average Bonchev–Trinajstić information content (AvgIpc) is 3.60. The first-order valence-electron chi connectivity index (χ1n) is 12.0. The quantitative estimate of drug-likeness (QED) is 0.311. The second-order valence-corrected chi connectivity index (χ2v) is 10.8. The third-order valence-corrected chi connectivity index (χ3v) is 8.27. The standard InChI is InChI=1S/C28H26N4O4S2/c1-35-22-9-7-19(8-10-22)15-23-16-30-27(38-23)31-25(33)24-18-37-26(21-11-13-29-14-12-21)32(24)28(34)36-17-20-5-3-2-4-6-20/h2-14,16,24,26H,15,17-18H2,1H3,(H,30,31,33)/t24-,26?/m0/s1. The molecule has 1 saturated heterocycles. The van der Waals surface area contributed by atoms with Crippen LogP contribution in [0, 0.1) is 0 Å². The number of pyridine rings is 1. The summed E-state index contributed by atoms with van der Waals surface area (Å²) in [6.45, 7) is 0.124. The first-order chi connectivity index (χ1) is 18.6. The summed E-state index contributed by atoms with van der Waals surface area (Å²) in [6, 6.07) is 20.3. The number of benzene rings is 2. The van der Waals surface area contributed by atoms with E-state index in [-0.39, 0.29) is 17.9 Å². The van der Waals surface area contributed by atoms with Crippen molar-refractivity contribution < 1.29 is 19.1 Å². The number of hydrogen-bond donors (Lipinski definition) is 1. The Bertz CT molecular complexity index is 1370. The molecule has 2 aromatic heterocycles. The molecule has 1 fully saturated rings. The third kappa shape index (κ3) is 6.15. The molecule has 2 amide bonds. The molecule has 3 heterocycles. The Morgan fingerprint density at radius 3 is 2.53 bits per heavy atom. The van der Waals surface area contributed by atoms with Gasteiger partial charge in [0.2, 0.25) is 5.91 Å². The normalized spacial score (nSPS) is 16.7. The predicted octanol–water partition coefficient (Wildman–Crippen LogP) is 5.53. The fraction of sp³-hybridized carbons (Fsp3) is 0.214. The zero-order chi connectivity index (χ0) is 26.3. The minimum Gasteiger partial charge on any atom is -0.497 e. The number of thioether (sulfide) groups is 1. The van der Waals surface area contributed by atoms with Crippen LogP contribution in [-0.4, -0.2) is 45.8 Å². The van der Waals surface area contributed by atoms with Crippen molar-refractivity contribution in [2.75, 3.05) is 18.2 Å². The molecule has 4 aromatic rings. The van der Waals surface area contributed by atoms with Gasteiger partial charge in [-0.15, -0.1) is 23.1 Å². The van der Waals surface area contributed by atoms with E-state index in [1.165, 1.54) is 28.0 Å². The molecule has 0 saturated carbocycles. The van der Waals surface area contributed by atoms with E-state index >= 15 is 0 Å². The number of anilines is 1. The van der Waals surface area contributed by atoms with Crippen molar-refractivity contribution in [2.45, 2.75) is 24.4 Å². The summed E-state index contributed by atoms with van der Waals surface area (Å²) in [5.74, 6) is 0.942. The van der Waals surface area contributed by atoms with Crippen molar-refractivity contribution in [3.8, 4) is 5.75 Å². The van der Waals surface area contributed by atoms with Gasteiger partial charge in [0.1, 0.15) is 23.8 Å². The monoisotopic (exact) mass is 546 g/mol. The van der Waals surface area contributed by atoms with Gasteiger partial charge in [-0.3, -0.25) is 14.7 Å². The van der Waals surface area contributed by atoms with E-state index in [0.29, 0.717) is 17.3 Å². The van der Waals surface area contributed by atoms with Crippen LogP contribution in [0.25, 0.3) is 0 Å². The molecule has 38 heavy (non-hydrogen) atoms. The molecular formula is C28H26N4O4S2. The summed E-state index contributed by atoms with van der Waals surface area (Å²) in [5, 5.41) is 3.04. The van der Waals surface area contributed by atoms with Crippen LogP contribution in [0.15, 0.2) is 85.3 Å². The number of ether oxygens (including phenoxy) is 2. The van der Waals surface area contributed by atoms with E-state index in [2.05, 4.69) is 15.3 Å². The lowest BCUT2D eigenvalue weighted by atomic mass is 10.1. The van der Waals surface area contributed by atoms with Gasteiger partial charge in [-0.2, -0.15) is 0 Å². The van der Waals surface area contributed by atoms with Crippen LogP contribution in [0.1, 0.15) is 26.9 Å². The van der Waals surface area contributed by atoms with E-state index in [1.807, 2.05) is 66.7 Å². The first kappa shape index (κ1) is 25.7. The van der Waals surface area contributed by atoms with Crippen LogP contribution in [-0.2, 0) is 22.6 Å². The number of methoxy groups -OCH3 is 1. The summed E-state index contributed by atoms with van der Waals surface area (Å²) in [5.41, 5.74) is 2.88. The van der Waals surface area contributed by atoms with E-state index in [9.17, 15) is 9.59 Å². The second-order valence-electron chi connectivity index (χ2n) is 8.58. The molecule has 0 radical (unpaired) electrons. The molecule has 0 spiro atoms. The Kier molecular flexibility index (Phi) is 8.20. The minimum atomic E-state index is -0.713. The molecule has 0 aliphatic carbocycles. The van der Waals surface area contributed by atoms with Gasteiger partial charge in [0.25, 0.3) is 0 Å². The maximum absolute atomic E-state index is 13.4. The van der Waals surface area contributed by atoms with Crippen molar-refractivity contribution in [1.29, 1.82) is 0 Å². The number of carbonyl (C=O) groups excluding carboxylic acids is 2. The molecule has 1 N–H and O–H groups in total. The number of carbonyl (C=O) groups is 2. The van der Waals surface area contributed by atoms with Gasteiger partial charge in [0.15, 0.2) is 5.13 Å². The van der Waals surface area contributed by atoms with Crippen LogP contribution < -0.4 is 10.1 Å². The highest BCUT2D eigenvalue weighted by molar-refractivity contribution is 7.99. The zero-order valence-electron chi connectivity index (χ0n) is 20.7. The number of thiazole rings is 1. The SMILES string of the molecule is COc1ccc(Cc2cnc(NC(=O)[C@@H]3CSC(c4ccncc4)N3C(=O)OCc3ccccc3)s2)cc1. The Labute approximate surface area is 229 Å². The Balaban J connectivity index is 1.28. The molecule has 2 aromatic carbocycles. The summed E-state index contributed by atoms with van der Waals surface area (Å²) >= 11 is 2.93. The summed E-state index contributed by atoms with van der Waals surface area (Å²) in [6.07, 6.45) is 5.27. The van der Waals surface area contributed by atoms with E-state index in [4.69, 9.17) is 9.47 Å². The van der Waals surface area contributed by atoms with Gasteiger partial charge in [-0.25, -0.2) is 9.78 Å². The molecule has 194 valence electrons. The van der Waals surface area contributed by atoms with Crippen molar-refractivity contribution >= 4 is 40.2 Å². The van der Waals surface area contributed by atoms with Crippen LogP contribution >= 0.6 is 23.1 Å². The molecular weight excluding hydrogens is 520 g/mol. The number of nitrogens with one attached hydrogen (secondary N) is 1. The van der Waals surface area contributed by atoms with Crippen LogP contribution in [0.4, 0.5) is 9.93 Å². The maximum atomic E-state index is 13.4. The van der Waals surface area contributed by atoms with Gasteiger partial charge in [-0.1, -0.05) is 42.5 Å². The van der Waals surface area contributed by atoms with E-state index < -0.39 is 12.1 Å². The van der Waals surface area contributed by atoms with Crippen LogP contribution in [0.3, 0.4) is 0 Å². The lowest BCUT2D eigenvalue weighted by Gasteiger charge is -2.28. The Morgan fingerprint density at radius 2 is 1.79 bits per heavy atom. The number of aromatic nitrogens is 2. The van der Waals surface area contributed by atoms with Crippen molar-refractivity contribution in [3.63, 3.8) is 0 Å². The highest BCUT2D eigenvalue weighted by Gasteiger charge is 2.43. The van der Waals surface area contributed by atoms with Gasteiger partial charge in [0, 0.05) is 35.6 Å². The highest BCUT2D eigenvalue weighted by Crippen LogP contribution is 2.42. The molecule has 1 aliphatic heterocycles. The molecule has 1 aliphatic rings. The first-order valence-corrected chi connectivity index (χ1v) is 13.9. The lowest BCUT2D eigenvalue weighted by Crippen LogP contribution is -2.45. The lowest BCUT2D eigenvalue weighted by molar-refractivity contribution is -0.120. The molecule has 2 atom stereocenters. The highest BCUT2D eigenvalue weighted by atomic mass is 32.2. The van der Waals surface area contributed by atoms with Gasteiger partial charge < -0.3 is 14.8 Å². The van der Waals surface area contributed by atoms with E-state index in [0.717, 1.165) is 27.3 Å². The van der Waals surface area contributed by atoms with Gasteiger partial charge >= 0.3 is 6.09 Å². The van der Waals surface area contributed by atoms with Crippen LogP contribution in [0.5, 0.6) is 5.75 Å². The number of nitrogens with zero attached hydrogens (tertiary/aromatic N) is 3. The number of amides is 2. The zero-order valence-corrected chi connectivity index (χ0v) is 22.3. The largest absolute Gasteiger partial charge is 0.497 e. The molecule has 10 heteroatoms. The molecule has 1 unspecified atom stereocenters. The van der Waals surface area contributed by atoms with Gasteiger partial charge in [0.05, 0.1) is 7.11 Å². The third-order valence-electron chi connectivity index (χ3n) is 6.03. The second kappa shape index (κ2) is 12.1. The minimum absolute atomic E-state index is 0.124. The molecule has 0 bridgehead atoms. The number of hydrogen-bond acceptors (Lipinski definition) is 8. The molecule has 8 nitrogen and oxygen atoms in total. The topological polar surface area (TPSA) is 93.6 Å². The Hall–Kier alpha value is -3.89. The van der Waals surface area contributed by atoms with Crippen LogP contribution in [0.2, 0.25) is 0 Å². The van der Waals surface area contributed by atoms with Crippen molar-refractivity contribution in [1.82, 2.24) is 14.9 Å². The fourth-order valence-electron chi connectivity index (χ4n) is 4.09.